The Kier molecular flexibility index (Phi) is 7.09. The molecular formula is C23H21Cl2OZr. The van der Waals surface area contributed by atoms with E-state index in [1.807, 2.05) is 3.21 Å². The summed E-state index contributed by atoms with van der Waals surface area (Å²) >= 11 is -0.725. The molecule has 1 fully saturated rings. The third kappa shape index (κ3) is 4.01. The molecule has 0 unspecified atom stereocenters. The number of benzene rings is 2. The van der Waals surface area contributed by atoms with Gasteiger partial charge >= 0.3 is 161 Å². The summed E-state index contributed by atoms with van der Waals surface area (Å²) in [7, 11) is 0. The molecule has 27 heavy (non-hydrogen) atoms. The largest absolute Gasteiger partial charge is 1.00 e. The number of hydrogen-bond acceptors (Lipinski definition) is 1. The molecule has 0 saturated carbocycles. The van der Waals surface area contributed by atoms with E-state index < -0.39 is 22.8 Å². The molecule has 0 amide bonds. The van der Waals surface area contributed by atoms with E-state index in [9.17, 15) is 0 Å². The van der Waals surface area contributed by atoms with Gasteiger partial charge in [0, 0.05) is 0 Å². The molecule has 2 aromatic rings. The molecule has 137 valence electrons. The number of ether oxygens (including phenoxy) is 1. The van der Waals surface area contributed by atoms with Crippen LogP contribution in [0.3, 0.4) is 0 Å². The van der Waals surface area contributed by atoms with Gasteiger partial charge in [0.15, 0.2) is 0 Å². The summed E-state index contributed by atoms with van der Waals surface area (Å²) in [4.78, 5) is 0. The van der Waals surface area contributed by atoms with E-state index in [-0.39, 0.29) is 24.8 Å². The summed E-state index contributed by atoms with van der Waals surface area (Å²) in [5.41, 5.74) is 9.15. The average molecular weight is 476 g/mol. The second-order valence-corrected chi connectivity index (χ2v) is 10.6. The van der Waals surface area contributed by atoms with E-state index in [2.05, 4.69) is 54.6 Å². The Labute approximate surface area is 184 Å². The van der Waals surface area contributed by atoms with E-state index in [0.29, 0.717) is 0 Å². The van der Waals surface area contributed by atoms with Crippen LogP contribution in [-0.2, 0) is 33.9 Å². The van der Waals surface area contributed by atoms with Gasteiger partial charge in [0.05, 0.1) is 0 Å². The monoisotopic (exact) mass is 473 g/mol. The van der Waals surface area contributed by atoms with Gasteiger partial charge in [0.1, 0.15) is 0 Å². The van der Waals surface area contributed by atoms with Crippen LogP contribution in [0.15, 0.2) is 54.6 Å². The van der Waals surface area contributed by atoms with Crippen molar-refractivity contribution >= 4 is 12.1 Å². The Morgan fingerprint density at radius 3 is 2.41 bits per heavy atom. The van der Waals surface area contributed by atoms with Crippen molar-refractivity contribution in [1.29, 1.82) is 0 Å². The molecule has 2 aromatic carbocycles. The van der Waals surface area contributed by atoms with Crippen molar-refractivity contribution < 1.29 is 52.3 Å². The zero-order valence-electron chi connectivity index (χ0n) is 15.1. The number of hydrogen-bond donors (Lipinski definition) is 0. The van der Waals surface area contributed by atoms with Gasteiger partial charge in [-0.2, -0.15) is 0 Å². The molecule has 1 heterocycles. The van der Waals surface area contributed by atoms with Crippen LogP contribution in [0.4, 0.5) is 0 Å². The molecule has 0 aromatic heterocycles. The number of halogens is 2. The normalized spacial score (nSPS) is 16.6. The van der Waals surface area contributed by atoms with Crippen LogP contribution in [0, 0.1) is 0 Å². The maximum Gasteiger partial charge on any atom is -1.00 e. The van der Waals surface area contributed by atoms with Crippen molar-refractivity contribution in [2.75, 3.05) is 13.2 Å². The third-order valence-electron chi connectivity index (χ3n) is 5.50. The first-order valence-corrected chi connectivity index (χ1v) is 11.7. The molecular weight excluding hydrogens is 454 g/mol. The maximum atomic E-state index is 5.60. The first-order valence-electron chi connectivity index (χ1n) is 9.20. The van der Waals surface area contributed by atoms with Crippen molar-refractivity contribution in [1.82, 2.24) is 0 Å². The fourth-order valence-corrected chi connectivity index (χ4v) is 8.02. The maximum absolute atomic E-state index is 5.60. The summed E-state index contributed by atoms with van der Waals surface area (Å²) < 4.78 is 9.16. The molecule has 1 saturated heterocycles. The first kappa shape index (κ1) is 20.9. The molecule has 3 aliphatic rings. The Morgan fingerprint density at radius 2 is 1.63 bits per heavy atom. The number of rotatable bonds is 2. The zero-order valence-corrected chi connectivity index (χ0v) is 19.1. The van der Waals surface area contributed by atoms with E-state index in [1.165, 1.54) is 35.1 Å². The molecule has 0 bridgehead atoms. The summed E-state index contributed by atoms with van der Waals surface area (Å²) in [6.45, 7) is 1.87. The van der Waals surface area contributed by atoms with Gasteiger partial charge in [-0.3, -0.25) is 0 Å². The Balaban J connectivity index is 0.00000105. The Bertz CT molecular complexity index is 935. The fourth-order valence-electron chi connectivity index (χ4n) is 4.19. The SMILES string of the molecule is C1=CCC(c2ccc3c([c]2[Zr+2]=[C]2CCOCC2)Cc2ccccc2-3)=C1.[Cl-].[Cl-]. The van der Waals surface area contributed by atoms with Gasteiger partial charge in [0.25, 0.3) is 0 Å². The molecule has 0 atom stereocenters. The molecule has 0 N–H and O–H groups in total. The molecule has 0 spiro atoms. The molecule has 2 aliphatic carbocycles. The van der Waals surface area contributed by atoms with Gasteiger partial charge in [-0.15, -0.1) is 0 Å². The minimum Gasteiger partial charge on any atom is -1.00 e. The van der Waals surface area contributed by atoms with Crippen LogP contribution in [0.25, 0.3) is 16.7 Å². The number of fused-ring (bicyclic) bond motifs is 3. The standard InChI is InChI=1S/C18H13.C5H8O.2ClH.Zr/c1-2-6-13(5-1)14-9-10-18-16(11-14)12-15-7-3-4-8-17(15)18;1-2-4-6-5-3-1;;;/h1-5,7-10H,6,12H2;2-5H2;2*1H;/q;;;;+2/p-2. The van der Waals surface area contributed by atoms with Gasteiger partial charge in [-0.05, 0) is 0 Å². The number of allylic oxidation sites excluding steroid dienone is 4. The summed E-state index contributed by atoms with van der Waals surface area (Å²) in [6, 6.07) is 13.8. The topological polar surface area (TPSA) is 9.23 Å². The third-order valence-corrected chi connectivity index (χ3v) is 9.62. The van der Waals surface area contributed by atoms with E-state index in [1.54, 1.807) is 14.4 Å². The van der Waals surface area contributed by atoms with Gasteiger partial charge in [-0.25, -0.2) is 0 Å². The Morgan fingerprint density at radius 1 is 0.852 bits per heavy atom. The summed E-state index contributed by atoms with van der Waals surface area (Å²) in [6.07, 6.45) is 11.4. The minimum atomic E-state index is -0.725. The van der Waals surface area contributed by atoms with Crippen molar-refractivity contribution in [2.45, 2.75) is 25.7 Å². The van der Waals surface area contributed by atoms with Gasteiger partial charge < -0.3 is 24.8 Å². The van der Waals surface area contributed by atoms with Crippen LogP contribution in [0.5, 0.6) is 0 Å². The molecule has 0 radical (unpaired) electrons. The average Bonchev–Trinajstić information content (AvgIpc) is 3.31. The molecule has 1 aliphatic heterocycles. The minimum absolute atomic E-state index is 0. The Hall–Kier alpha value is -0.787. The molecule has 4 heteroatoms. The van der Waals surface area contributed by atoms with E-state index in [4.69, 9.17) is 4.74 Å². The van der Waals surface area contributed by atoms with Crippen LogP contribution in [0.2, 0.25) is 0 Å². The van der Waals surface area contributed by atoms with E-state index in [0.717, 1.165) is 26.1 Å². The first-order chi connectivity index (χ1) is 12.4. The molecule has 1 nitrogen and oxygen atoms in total. The van der Waals surface area contributed by atoms with Crippen molar-refractivity contribution in [2.24, 2.45) is 0 Å². The van der Waals surface area contributed by atoms with Gasteiger partial charge in [0.2, 0.25) is 0 Å². The van der Waals surface area contributed by atoms with E-state index >= 15 is 0 Å². The van der Waals surface area contributed by atoms with Crippen molar-refractivity contribution in [3.8, 4) is 11.1 Å². The second kappa shape index (κ2) is 9.14. The predicted molar refractivity (Wildman–Crippen MR) is 101 cm³/mol. The van der Waals surface area contributed by atoms with Crippen molar-refractivity contribution in [3.63, 3.8) is 0 Å². The smallest absolute Gasteiger partial charge is 1.00 e. The summed E-state index contributed by atoms with van der Waals surface area (Å²) in [5.74, 6) is 0. The second-order valence-electron chi connectivity index (χ2n) is 7.01. The zero-order chi connectivity index (χ0) is 16.6. The predicted octanol–water partition coefficient (Wildman–Crippen LogP) is -1.70. The quantitative estimate of drug-likeness (QED) is 0.430. The van der Waals surface area contributed by atoms with Crippen LogP contribution in [0.1, 0.15) is 36.0 Å². The summed E-state index contributed by atoms with van der Waals surface area (Å²) in [5, 5.41) is 0. The van der Waals surface area contributed by atoms with Crippen molar-refractivity contribution in [3.05, 3.63) is 71.3 Å². The fraction of sp³-hybridized carbons (Fsp3) is 0.261. The van der Waals surface area contributed by atoms with Crippen LogP contribution < -0.4 is 28.1 Å². The van der Waals surface area contributed by atoms with Crippen LogP contribution >= 0.6 is 0 Å². The van der Waals surface area contributed by atoms with Gasteiger partial charge in [-0.1, -0.05) is 0 Å². The molecule has 5 rings (SSSR count). The van der Waals surface area contributed by atoms with Crippen LogP contribution in [-0.4, -0.2) is 16.4 Å².